The van der Waals surface area contributed by atoms with Crippen LogP contribution in [0.5, 0.6) is 0 Å². The molecule has 0 atom stereocenters. The minimum atomic E-state index is -3.44. The number of benzene rings is 1. The highest BCUT2D eigenvalue weighted by Crippen LogP contribution is 2.13. The van der Waals surface area contributed by atoms with Crippen LogP contribution in [0.25, 0.3) is 5.69 Å². The lowest BCUT2D eigenvalue weighted by molar-refractivity contribution is 0.570. The average molecular weight is 266 g/mol. The van der Waals surface area contributed by atoms with Crippen molar-refractivity contribution in [3.63, 3.8) is 0 Å². The lowest BCUT2D eigenvalue weighted by Crippen LogP contribution is -2.30. The number of hydrogen-bond acceptors (Lipinski definition) is 4. The van der Waals surface area contributed by atoms with Gasteiger partial charge >= 0.3 is 0 Å². The Hall–Kier alpha value is -1.73. The van der Waals surface area contributed by atoms with Crippen LogP contribution in [-0.2, 0) is 10.0 Å². The largest absolute Gasteiger partial charge is 0.240 e. The van der Waals surface area contributed by atoms with Gasteiger partial charge < -0.3 is 0 Å². The maximum absolute atomic E-state index is 11.9. The van der Waals surface area contributed by atoms with Gasteiger partial charge in [0.2, 0.25) is 10.0 Å². The van der Waals surface area contributed by atoms with Gasteiger partial charge in [-0.2, -0.15) is 5.10 Å². The van der Waals surface area contributed by atoms with Crippen molar-refractivity contribution in [3.05, 3.63) is 36.9 Å². The molecule has 0 saturated carbocycles. The van der Waals surface area contributed by atoms with Crippen molar-refractivity contribution in [1.82, 2.24) is 19.5 Å². The molecule has 6 nitrogen and oxygen atoms in total. The molecular formula is C11H14N4O2S. The van der Waals surface area contributed by atoms with E-state index in [1.165, 1.54) is 6.33 Å². The van der Waals surface area contributed by atoms with Crippen molar-refractivity contribution in [1.29, 1.82) is 0 Å². The average Bonchev–Trinajstić information content (AvgIpc) is 2.81. The zero-order valence-electron chi connectivity index (χ0n) is 10.1. The van der Waals surface area contributed by atoms with Crippen LogP contribution in [0.15, 0.2) is 41.8 Å². The number of nitrogens with one attached hydrogen (secondary N) is 1. The Kier molecular flexibility index (Phi) is 3.44. The summed E-state index contributed by atoms with van der Waals surface area (Å²) in [6, 6.07) is 6.32. The topological polar surface area (TPSA) is 76.9 Å². The fourth-order valence-corrected chi connectivity index (χ4v) is 2.75. The third-order valence-electron chi connectivity index (χ3n) is 2.22. The molecule has 1 aromatic carbocycles. The van der Waals surface area contributed by atoms with Gasteiger partial charge in [-0.25, -0.2) is 22.8 Å². The Bertz CT molecular complexity index is 603. The lowest BCUT2D eigenvalue weighted by Gasteiger charge is -2.09. The van der Waals surface area contributed by atoms with Gasteiger partial charge in [-0.1, -0.05) is 0 Å². The van der Waals surface area contributed by atoms with Crippen LogP contribution in [0, 0.1) is 0 Å². The van der Waals surface area contributed by atoms with Gasteiger partial charge in [0.25, 0.3) is 0 Å². The summed E-state index contributed by atoms with van der Waals surface area (Å²) in [4.78, 5) is 4.07. The van der Waals surface area contributed by atoms with Crippen LogP contribution in [0.1, 0.15) is 13.8 Å². The van der Waals surface area contributed by atoms with Crippen molar-refractivity contribution >= 4 is 10.0 Å². The summed E-state index contributed by atoms with van der Waals surface area (Å²) in [6.07, 6.45) is 2.97. The second kappa shape index (κ2) is 4.87. The van der Waals surface area contributed by atoms with E-state index in [1.807, 2.05) is 0 Å². The van der Waals surface area contributed by atoms with Gasteiger partial charge in [0.15, 0.2) is 0 Å². The fourth-order valence-electron chi connectivity index (χ4n) is 1.50. The molecule has 0 saturated heterocycles. The molecular weight excluding hydrogens is 252 g/mol. The fraction of sp³-hybridized carbons (Fsp3) is 0.273. The van der Waals surface area contributed by atoms with E-state index in [-0.39, 0.29) is 10.9 Å². The number of nitrogens with zero attached hydrogens (tertiary/aromatic N) is 3. The van der Waals surface area contributed by atoms with Crippen molar-refractivity contribution in [2.45, 2.75) is 24.8 Å². The zero-order chi connectivity index (χ0) is 13.2. The van der Waals surface area contributed by atoms with Gasteiger partial charge in [0.05, 0.1) is 10.6 Å². The standard InChI is InChI=1S/C11H14N4O2S/c1-9(2)14-18(16,17)11-5-3-10(4-6-11)15-8-12-7-13-15/h3-9,14H,1-2H3. The molecule has 0 aliphatic heterocycles. The van der Waals surface area contributed by atoms with Crippen molar-refractivity contribution < 1.29 is 8.42 Å². The predicted molar refractivity (Wildman–Crippen MR) is 66.8 cm³/mol. The number of hydrogen-bond donors (Lipinski definition) is 1. The first-order valence-electron chi connectivity index (χ1n) is 5.46. The van der Waals surface area contributed by atoms with E-state index in [0.717, 1.165) is 5.69 Å². The maximum Gasteiger partial charge on any atom is 0.240 e. The Balaban J connectivity index is 2.28. The van der Waals surface area contributed by atoms with Crippen LogP contribution in [0.4, 0.5) is 0 Å². The summed E-state index contributed by atoms with van der Waals surface area (Å²) < 4.78 is 27.9. The second-order valence-corrected chi connectivity index (χ2v) is 5.82. The summed E-state index contributed by atoms with van der Waals surface area (Å²) in [5, 5.41) is 3.97. The van der Waals surface area contributed by atoms with E-state index in [4.69, 9.17) is 0 Å². The summed E-state index contributed by atoms with van der Waals surface area (Å²) >= 11 is 0. The molecule has 0 radical (unpaired) electrons. The van der Waals surface area contributed by atoms with Crippen LogP contribution in [0.3, 0.4) is 0 Å². The van der Waals surface area contributed by atoms with E-state index in [9.17, 15) is 8.42 Å². The monoisotopic (exact) mass is 266 g/mol. The Morgan fingerprint density at radius 2 is 1.89 bits per heavy atom. The molecule has 0 aliphatic carbocycles. The first kappa shape index (κ1) is 12.7. The smallest absolute Gasteiger partial charge is 0.223 e. The highest BCUT2D eigenvalue weighted by atomic mass is 32.2. The minimum absolute atomic E-state index is 0.134. The van der Waals surface area contributed by atoms with Gasteiger partial charge in [-0.05, 0) is 38.1 Å². The third-order valence-corrected chi connectivity index (χ3v) is 3.90. The molecule has 0 bridgehead atoms. The first-order valence-corrected chi connectivity index (χ1v) is 6.95. The first-order chi connectivity index (χ1) is 8.49. The summed E-state index contributed by atoms with van der Waals surface area (Å²) in [5.41, 5.74) is 0.760. The van der Waals surface area contributed by atoms with Crippen LogP contribution in [0.2, 0.25) is 0 Å². The Morgan fingerprint density at radius 3 is 2.39 bits per heavy atom. The second-order valence-electron chi connectivity index (χ2n) is 4.11. The van der Waals surface area contributed by atoms with Crippen LogP contribution < -0.4 is 4.72 Å². The Morgan fingerprint density at radius 1 is 1.22 bits per heavy atom. The van der Waals surface area contributed by atoms with E-state index < -0.39 is 10.0 Å². The van der Waals surface area contributed by atoms with E-state index in [1.54, 1.807) is 49.1 Å². The Labute approximate surface area is 106 Å². The van der Waals surface area contributed by atoms with Gasteiger partial charge in [0.1, 0.15) is 12.7 Å². The molecule has 0 fully saturated rings. The molecule has 96 valence electrons. The molecule has 1 heterocycles. The van der Waals surface area contributed by atoms with Crippen molar-refractivity contribution in [2.75, 3.05) is 0 Å². The molecule has 7 heteroatoms. The van der Waals surface area contributed by atoms with Gasteiger partial charge in [0, 0.05) is 6.04 Å². The molecule has 1 aromatic heterocycles. The van der Waals surface area contributed by atoms with E-state index in [0.29, 0.717) is 0 Å². The quantitative estimate of drug-likeness (QED) is 0.894. The molecule has 2 aromatic rings. The zero-order valence-corrected chi connectivity index (χ0v) is 10.9. The molecule has 0 amide bonds. The number of rotatable bonds is 4. The predicted octanol–water partition coefficient (Wildman–Crippen LogP) is 0.954. The highest BCUT2D eigenvalue weighted by Gasteiger charge is 2.14. The SMILES string of the molecule is CC(C)NS(=O)(=O)c1ccc(-n2cncn2)cc1. The van der Waals surface area contributed by atoms with Crippen LogP contribution in [-0.4, -0.2) is 29.2 Å². The number of sulfonamides is 1. The van der Waals surface area contributed by atoms with Gasteiger partial charge in [-0.15, -0.1) is 0 Å². The highest BCUT2D eigenvalue weighted by molar-refractivity contribution is 7.89. The summed E-state index contributed by atoms with van der Waals surface area (Å²) in [7, 11) is -3.44. The summed E-state index contributed by atoms with van der Waals surface area (Å²) in [6.45, 7) is 3.56. The van der Waals surface area contributed by atoms with Crippen LogP contribution >= 0.6 is 0 Å². The molecule has 1 N–H and O–H groups in total. The maximum atomic E-state index is 11.9. The lowest BCUT2D eigenvalue weighted by atomic mass is 10.3. The number of aromatic nitrogens is 3. The normalized spacial score (nSPS) is 11.9. The molecule has 0 spiro atoms. The minimum Gasteiger partial charge on any atom is -0.223 e. The molecule has 18 heavy (non-hydrogen) atoms. The molecule has 0 aliphatic rings. The summed E-state index contributed by atoms with van der Waals surface area (Å²) in [5.74, 6) is 0. The van der Waals surface area contributed by atoms with E-state index in [2.05, 4.69) is 14.8 Å². The van der Waals surface area contributed by atoms with Crippen molar-refractivity contribution in [2.24, 2.45) is 0 Å². The van der Waals surface area contributed by atoms with Gasteiger partial charge in [-0.3, -0.25) is 0 Å². The molecule has 2 rings (SSSR count). The third kappa shape index (κ3) is 2.74. The van der Waals surface area contributed by atoms with Crippen molar-refractivity contribution in [3.8, 4) is 5.69 Å². The molecule has 0 unspecified atom stereocenters. The van der Waals surface area contributed by atoms with E-state index >= 15 is 0 Å².